The highest BCUT2D eigenvalue weighted by atomic mass is 16.6. The van der Waals surface area contributed by atoms with Gasteiger partial charge in [0.05, 0.1) is 4.92 Å². The van der Waals surface area contributed by atoms with Crippen molar-refractivity contribution in [3.8, 4) is 5.75 Å². The minimum absolute atomic E-state index is 0.108. The van der Waals surface area contributed by atoms with E-state index < -0.39 is 10.8 Å². The summed E-state index contributed by atoms with van der Waals surface area (Å²) in [6.45, 7) is -0.247. The summed E-state index contributed by atoms with van der Waals surface area (Å²) < 4.78 is 5.26. The Bertz CT molecular complexity index is 697. The summed E-state index contributed by atoms with van der Waals surface area (Å²) in [5.41, 5.74) is 0.718. The highest BCUT2D eigenvalue weighted by molar-refractivity contribution is 5.92. The van der Waals surface area contributed by atoms with E-state index in [1.54, 1.807) is 30.3 Å². The van der Waals surface area contributed by atoms with E-state index in [1.807, 2.05) is 0 Å². The molecule has 0 aromatic heterocycles. The van der Waals surface area contributed by atoms with Crippen molar-refractivity contribution < 1.29 is 19.2 Å². The number of amides is 1. The fourth-order valence-electron chi connectivity index (χ4n) is 1.69. The molecule has 0 atom stereocenters. The Hall–Kier alpha value is -3.22. The van der Waals surface area contributed by atoms with Gasteiger partial charge in [-0.25, -0.2) is 0 Å². The Morgan fingerprint density at radius 3 is 2.59 bits per heavy atom. The number of nitrogens with one attached hydrogen (secondary N) is 1. The number of benzene rings is 2. The lowest BCUT2D eigenvalue weighted by Gasteiger charge is -2.07. The molecule has 0 aliphatic rings. The van der Waals surface area contributed by atoms with Crippen LogP contribution in [0.4, 0.5) is 11.4 Å². The molecule has 0 saturated carbocycles. The molecule has 0 aliphatic heterocycles. The van der Waals surface area contributed by atoms with E-state index in [9.17, 15) is 19.7 Å². The van der Waals surface area contributed by atoms with Gasteiger partial charge >= 0.3 is 0 Å². The van der Waals surface area contributed by atoms with Crippen molar-refractivity contribution >= 4 is 23.6 Å². The summed E-state index contributed by atoms with van der Waals surface area (Å²) in [7, 11) is 0. The Kier molecular flexibility index (Phi) is 4.81. The number of nitro groups is 1. The predicted octanol–water partition coefficient (Wildman–Crippen LogP) is 2.42. The van der Waals surface area contributed by atoms with Gasteiger partial charge in [0.15, 0.2) is 6.61 Å². The SMILES string of the molecule is O=Cc1ccc(OCC(=O)Nc2cccc([N+](=O)[O-])c2)cc1. The molecule has 22 heavy (non-hydrogen) atoms. The van der Waals surface area contributed by atoms with Gasteiger partial charge in [0.2, 0.25) is 0 Å². The topological polar surface area (TPSA) is 98.5 Å². The molecule has 0 bridgehead atoms. The van der Waals surface area contributed by atoms with Crippen LogP contribution in [0, 0.1) is 10.1 Å². The number of ether oxygens (including phenoxy) is 1. The number of rotatable bonds is 6. The van der Waals surface area contributed by atoms with Crippen molar-refractivity contribution in [2.45, 2.75) is 0 Å². The summed E-state index contributed by atoms with van der Waals surface area (Å²) in [6.07, 6.45) is 0.707. The van der Waals surface area contributed by atoms with Crippen LogP contribution in [0.5, 0.6) is 5.75 Å². The van der Waals surface area contributed by atoms with Crippen LogP contribution in [0.1, 0.15) is 10.4 Å². The molecule has 0 radical (unpaired) electrons. The van der Waals surface area contributed by atoms with E-state index in [-0.39, 0.29) is 12.3 Å². The van der Waals surface area contributed by atoms with Crippen LogP contribution in [0.15, 0.2) is 48.5 Å². The van der Waals surface area contributed by atoms with E-state index in [0.29, 0.717) is 23.3 Å². The largest absolute Gasteiger partial charge is 0.484 e. The standard InChI is InChI=1S/C15H12N2O5/c18-9-11-4-6-14(7-5-11)22-10-15(19)16-12-2-1-3-13(8-12)17(20)21/h1-9H,10H2,(H,16,19). The summed E-state index contributed by atoms with van der Waals surface area (Å²) in [5, 5.41) is 13.2. The van der Waals surface area contributed by atoms with E-state index in [4.69, 9.17) is 4.74 Å². The Balaban J connectivity index is 1.91. The third kappa shape index (κ3) is 4.14. The van der Waals surface area contributed by atoms with E-state index >= 15 is 0 Å². The molecule has 2 aromatic carbocycles. The zero-order chi connectivity index (χ0) is 15.9. The average Bonchev–Trinajstić information content (AvgIpc) is 2.53. The number of nitrogens with zero attached hydrogens (tertiary/aromatic N) is 1. The summed E-state index contributed by atoms with van der Waals surface area (Å²) in [5.74, 6) is -0.000228. The van der Waals surface area contributed by atoms with Crippen LogP contribution in [-0.4, -0.2) is 23.7 Å². The molecule has 7 nitrogen and oxygen atoms in total. The lowest BCUT2D eigenvalue weighted by molar-refractivity contribution is -0.384. The number of non-ortho nitro benzene ring substituents is 1. The van der Waals surface area contributed by atoms with Gasteiger partial charge in [-0.05, 0) is 30.3 Å². The number of hydrogen-bond donors (Lipinski definition) is 1. The van der Waals surface area contributed by atoms with Crippen LogP contribution < -0.4 is 10.1 Å². The van der Waals surface area contributed by atoms with Crippen LogP contribution in [0.25, 0.3) is 0 Å². The fraction of sp³-hybridized carbons (Fsp3) is 0.0667. The van der Waals surface area contributed by atoms with Crippen LogP contribution in [-0.2, 0) is 4.79 Å². The van der Waals surface area contributed by atoms with Crippen LogP contribution >= 0.6 is 0 Å². The molecule has 0 spiro atoms. The third-order valence-corrected chi connectivity index (χ3v) is 2.73. The van der Waals surface area contributed by atoms with Gasteiger partial charge < -0.3 is 10.1 Å². The molecule has 0 unspecified atom stereocenters. The van der Waals surface area contributed by atoms with E-state index in [0.717, 1.165) is 0 Å². The normalized spacial score (nSPS) is 9.82. The smallest absolute Gasteiger partial charge is 0.271 e. The second kappa shape index (κ2) is 6.98. The first kappa shape index (κ1) is 15.2. The van der Waals surface area contributed by atoms with Crippen LogP contribution in [0.3, 0.4) is 0 Å². The molecular formula is C15H12N2O5. The first-order valence-electron chi connectivity index (χ1n) is 6.31. The summed E-state index contributed by atoms with van der Waals surface area (Å²) in [4.78, 5) is 32.3. The second-order valence-corrected chi connectivity index (χ2v) is 4.33. The van der Waals surface area contributed by atoms with Crippen molar-refractivity contribution in [3.05, 3.63) is 64.2 Å². The molecule has 0 saturated heterocycles. The first-order chi connectivity index (χ1) is 10.6. The molecule has 1 amide bonds. The van der Waals surface area contributed by atoms with Crippen LogP contribution in [0.2, 0.25) is 0 Å². The molecule has 1 N–H and O–H groups in total. The number of anilines is 1. The minimum atomic E-state index is -0.541. The molecule has 0 aliphatic carbocycles. The molecule has 112 valence electrons. The Labute approximate surface area is 125 Å². The van der Waals surface area contributed by atoms with Crippen molar-refractivity contribution in [3.63, 3.8) is 0 Å². The maximum Gasteiger partial charge on any atom is 0.271 e. The van der Waals surface area contributed by atoms with Gasteiger partial charge in [0.1, 0.15) is 12.0 Å². The van der Waals surface area contributed by atoms with Gasteiger partial charge in [0.25, 0.3) is 11.6 Å². The lowest BCUT2D eigenvalue weighted by atomic mass is 10.2. The monoisotopic (exact) mass is 300 g/mol. The lowest BCUT2D eigenvalue weighted by Crippen LogP contribution is -2.20. The maximum atomic E-state index is 11.7. The average molecular weight is 300 g/mol. The van der Waals surface area contributed by atoms with E-state index in [2.05, 4.69) is 5.32 Å². The zero-order valence-electron chi connectivity index (χ0n) is 11.4. The summed E-state index contributed by atoms with van der Waals surface area (Å²) in [6, 6.07) is 11.9. The van der Waals surface area contributed by atoms with Gasteiger partial charge in [-0.3, -0.25) is 19.7 Å². The first-order valence-corrected chi connectivity index (χ1v) is 6.31. The Morgan fingerprint density at radius 2 is 1.95 bits per heavy atom. The maximum absolute atomic E-state index is 11.7. The van der Waals surface area contributed by atoms with E-state index in [1.165, 1.54) is 18.2 Å². The molecular weight excluding hydrogens is 288 g/mol. The number of aldehydes is 1. The fourth-order valence-corrected chi connectivity index (χ4v) is 1.69. The molecule has 7 heteroatoms. The highest BCUT2D eigenvalue weighted by Crippen LogP contribution is 2.17. The third-order valence-electron chi connectivity index (χ3n) is 2.73. The quantitative estimate of drug-likeness (QED) is 0.502. The zero-order valence-corrected chi connectivity index (χ0v) is 11.4. The van der Waals surface area contributed by atoms with Crippen molar-refractivity contribution in [2.75, 3.05) is 11.9 Å². The molecule has 2 rings (SSSR count). The van der Waals surface area contributed by atoms with Crippen molar-refractivity contribution in [1.29, 1.82) is 0 Å². The number of hydrogen-bond acceptors (Lipinski definition) is 5. The van der Waals surface area contributed by atoms with Gasteiger partial charge in [-0.2, -0.15) is 0 Å². The number of carbonyl (C=O) groups excluding carboxylic acids is 2. The van der Waals surface area contributed by atoms with Gasteiger partial charge in [0, 0.05) is 23.4 Å². The van der Waals surface area contributed by atoms with Crippen molar-refractivity contribution in [2.24, 2.45) is 0 Å². The summed E-state index contributed by atoms with van der Waals surface area (Å²) >= 11 is 0. The minimum Gasteiger partial charge on any atom is -0.484 e. The Morgan fingerprint density at radius 1 is 1.23 bits per heavy atom. The number of carbonyl (C=O) groups is 2. The van der Waals surface area contributed by atoms with Gasteiger partial charge in [-0.1, -0.05) is 6.07 Å². The number of nitro benzene ring substituents is 1. The van der Waals surface area contributed by atoms with Gasteiger partial charge in [-0.15, -0.1) is 0 Å². The molecule has 0 fully saturated rings. The predicted molar refractivity (Wildman–Crippen MR) is 79.1 cm³/mol. The van der Waals surface area contributed by atoms with Crippen molar-refractivity contribution in [1.82, 2.24) is 0 Å². The second-order valence-electron chi connectivity index (χ2n) is 4.33. The highest BCUT2D eigenvalue weighted by Gasteiger charge is 2.08. The molecule has 2 aromatic rings. The molecule has 0 heterocycles.